The van der Waals surface area contributed by atoms with Crippen LogP contribution in [0.2, 0.25) is 0 Å². The predicted molar refractivity (Wildman–Crippen MR) is 83.0 cm³/mol. The molecule has 126 valence electrons. The SMILES string of the molecule is COc1ccc2ncc(F)c(CCC3OCC(N=[N+]=[N-])CO3)c2n1. The molecule has 0 saturated carbocycles. The van der Waals surface area contributed by atoms with Crippen molar-refractivity contribution in [2.45, 2.75) is 25.2 Å². The quantitative estimate of drug-likeness (QED) is 0.475. The topological polar surface area (TPSA) is 102 Å². The molecule has 24 heavy (non-hydrogen) atoms. The van der Waals surface area contributed by atoms with Crippen LogP contribution in [0.3, 0.4) is 0 Å². The van der Waals surface area contributed by atoms with Crippen molar-refractivity contribution in [2.75, 3.05) is 20.3 Å². The zero-order valence-corrected chi connectivity index (χ0v) is 13.1. The minimum absolute atomic E-state index is 0.292. The molecular weight excluding hydrogens is 317 g/mol. The molecule has 3 rings (SSSR count). The number of rotatable bonds is 5. The molecule has 0 radical (unpaired) electrons. The Hall–Kier alpha value is -2.48. The first-order valence-corrected chi connectivity index (χ1v) is 7.46. The minimum atomic E-state index is -0.469. The fourth-order valence-electron chi connectivity index (χ4n) is 2.53. The summed E-state index contributed by atoms with van der Waals surface area (Å²) in [5.74, 6) is -0.0236. The van der Waals surface area contributed by atoms with Crippen LogP contribution in [0, 0.1) is 5.82 Å². The Labute approximate surface area is 137 Å². The normalized spacial score (nSPS) is 20.6. The van der Waals surface area contributed by atoms with Crippen LogP contribution >= 0.6 is 0 Å². The molecule has 1 aliphatic rings. The van der Waals surface area contributed by atoms with E-state index in [1.54, 1.807) is 12.1 Å². The molecule has 0 spiro atoms. The van der Waals surface area contributed by atoms with Crippen LogP contribution < -0.4 is 4.74 Å². The molecular formula is C15H16FN5O3. The van der Waals surface area contributed by atoms with Gasteiger partial charge in [-0.3, -0.25) is 4.98 Å². The van der Waals surface area contributed by atoms with Crippen LogP contribution in [-0.4, -0.2) is 42.6 Å². The van der Waals surface area contributed by atoms with E-state index < -0.39 is 12.1 Å². The van der Waals surface area contributed by atoms with Gasteiger partial charge in [0.15, 0.2) is 6.29 Å². The molecule has 2 aromatic heterocycles. The maximum absolute atomic E-state index is 14.2. The fraction of sp³-hybridized carbons (Fsp3) is 0.467. The van der Waals surface area contributed by atoms with Crippen LogP contribution in [-0.2, 0) is 15.9 Å². The zero-order chi connectivity index (χ0) is 16.9. The van der Waals surface area contributed by atoms with Crippen molar-refractivity contribution < 1.29 is 18.6 Å². The van der Waals surface area contributed by atoms with E-state index in [-0.39, 0.29) is 6.04 Å². The number of halogens is 1. The average Bonchev–Trinajstić information content (AvgIpc) is 2.62. The lowest BCUT2D eigenvalue weighted by Gasteiger charge is -2.27. The van der Waals surface area contributed by atoms with Crippen LogP contribution in [0.1, 0.15) is 12.0 Å². The van der Waals surface area contributed by atoms with E-state index >= 15 is 0 Å². The van der Waals surface area contributed by atoms with Gasteiger partial charge < -0.3 is 14.2 Å². The van der Waals surface area contributed by atoms with E-state index in [4.69, 9.17) is 19.7 Å². The van der Waals surface area contributed by atoms with Crippen molar-refractivity contribution in [3.8, 4) is 5.88 Å². The molecule has 1 aliphatic heterocycles. The highest BCUT2D eigenvalue weighted by Gasteiger charge is 2.22. The third kappa shape index (κ3) is 3.53. The highest BCUT2D eigenvalue weighted by atomic mass is 19.1. The average molecular weight is 333 g/mol. The number of nitrogens with zero attached hydrogens (tertiary/aromatic N) is 5. The summed E-state index contributed by atoms with van der Waals surface area (Å²) in [6.07, 6.45) is 1.55. The van der Waals surface area contributed by atoms with Gasteiger partial charge in [0.25, 0.3) is 0 Å². The monoisotopic (exact) mass is 333 g/mol. The summed E-state index contributed by atoms with van der Waals surface area (Å²) in [6.45, 7) is 0.584. The van der Waals surface area contributed by atoms with Gasteiger partial charge in [0.1, 0.15) is 5.82 Å². The van der Waals surface area contributed by atoms with E-state index in [1.807, 2.05) is 0 Å². The lowest BCUT2D eigenvalue weighted by Crippen LogP contribution is -2.34. The lowest BCUT2D eigenvalue weighted by molar-refractivity contribution is -0.187. The summed E-state index contributed by atoms with van der Waals surface area (Å²) in [5.41, 5.74) is 9.91. The smallest absolute Gasteiger partial charge is 0.213 e. The number of aryl methyl sites for hydroxylation is 1. The van der Waals surface area contributed by atoms with Gasteiger partial charge >= 0.3 is 0 Å². The van der Waals surface area contributed by atoms with Gasteiger partial charge in [0.05, 0.1) is 43.6 Å². The maximum atomic E-state index is 14.2. The van der Waals surface area contributed by atoms with Crippen LogP contribution in [0.5, 0.6) is 5.88 Å². The molecule has 0 unspecified atom stereocenters. The zero-order valence-electron chi connectivity index (χ0n) is 13.1. The lowest BCUT2D eigenvalue weighted by atomic mass is 10.1. The molecule has 0 amide bonds. The summed E-state index contributed by atoms with van der Waals surface area (Å²) in [7, 11) is 1.50. The van der Waals surface area contributed by atoms with Gasteiger partial charge in [0.2, 0.25) is 5.88 Å². The highest BCUT2D eigenvalue weighted by Crippen LogP contribution is 2.23. The molecule has 9 heteroatoms. The predicted octanol–water partition coefficient (Wildman–Crippen LogP) is 2.76. The van der Waals surface area contributed by atoms with E-state index in [2.05, 4.69) is 20.0 Å². The first kappa shape index (κ1) is 16.4. The molecule has 1 fully saturated rings. The summed E-state index contributed by atoms with van der Waals surface area (Å²) in [4.78, 5) is 11.1. The van der Waals surface area contributed by atoms with Gasteiger partial charge in [-0.05, 0) is 18.0 Å². The number of methoxy groups -OCH3 is 1. The number of aromatic nitrogens is 2. The van der Waals surface area contributed by atoms with E-state index in [9.17, 15) is 4.39 Å². The van der Waals surface area contributed by atoms with Crippen molar-refractivity contribution in [2.24, 2.45) is 5.11 Å². The number of hydrogen-bond acceptors (Lipinski definition) is 6. The van der Waals surface area contributed by atoms with Gasteiger partial charge in [-0.2, -0.15) is 0 Å². The summed E-state index contributed by atoms with van der Waals surface area (Å²) in [5, 5.41) is 3.55. The van der Waals surface area contributed by atoms with Gasteiger partial charge in [0, 0.05) is 23.0 Å². The highest BCUT2D eigenvalue weighted by molar-refractivity contribution is 5.78. The molecule has 3 heterocycles. The molecule has 0 aliphatic carbocycles. The summed E-state index contributed by atoms with van der Waals surface area (Å²) < 4.78 is 30.3. The number of hydrogen-bond donors (Lipinski definition) is 0. The van der Waals surface area contributed by atoms with E-state index in [1.165, 1.54) is 13.3 Å². The van der Waals surface area contributed by atoms with Crippen molar-refractivity contribution in [1.29, 1.82) is 0 Å². The van der Waals surface area contributed by atoms with Crippen molar-refractivity contribution in [1.82, 2.24) is 9.97 Å². The van der Waals surface area contributed by atoms with E-state index in [0.717, 1.165) is 0 Å². The van der Waals surface area contributed by atoms with Crippen molar-refractivity contribution in [3.63, 3.8) is 0 Å². The van der Waals surface area contributed by atoms with Crippen LogP contribution in [0.15, 0.2) is 23.4 Å². The van der Waals surface area contributed by atoms with Gasteiger partial charge in [-0.1, -0.05) is 5.11 Å². The summed E-state index contributed by atoms with van der Waals surface area (Å²) in [6, 6.07) is 3.10. The molecule has 0 atom stereocenters. The fourth-order valence-corrected chi connectivity index (χ4v) is 2.53. The molecule has 0 bridgehead atoms. The number of pyridine rings is 2. The Morgan fingerprint density at radius 1 is 1.42 bits per heavy atom. The Morgan fingerprint density at radius 2 is 2.21 bits per heavy atom. The molecule has 8 nitrogen and oxygen atoms in total. The Morgan fingerprint density at radius 3 is 2.92 bits per heavy atom. The largest absolute Gasteiger partial charge is 0.481 e. The maximum Gasteiger partial charge on any atom is 0.213 e. The second-order valence-corrected chi connectivity index (χ2v) is 5.30. The molecule has 2 aromatic rings. The first-order valence-electron chi connectivity index (χ1n) is 7.46. The number of ether oxygens (including phenoxy) is 3. The van der Waals surface area contributed by atoms with Gasteiger partial charge in [-0.15, -0.1) is 0 Å². The third-order valence-corrected chi connectivity index (χ3v) is 3.74. The third-order valence-electron chi connectivity index (χ3n) is 3.74. The first-order chi connectivity index (χ1) is 11.7. The minimum Gasteiger partial charge on any atom is -0.481 e. The Kier molecular flexibility index (Phi) is 5.05. The second-order valence-electron chi connectivity index (χ2n) is 5.30. The van der Waals surface area contributed by atoms with Crippen LogP contribution in [0.25, 0.3) is 21.5 Å². The number of azide groups is 1. The molecule has 0 N–H and O–H groups in total. The molecule has 1 saturated heterocycles. The van der Waals surface area contributed by atoms with Crippen molar-refractivity contribution in [3.05, 3.63) is 40.2 Å². The van der Waals surface area contributed by atoms with Crippen LogP contribution in [0.4, 0.5) is 4.39 Å². The Bertz CT molecular complexity index is 773. The van der Waals surface area contributed by atoms with Gasteiger partial charge in [-0.25, -0.2) is 9.37 Å². The number of fused-ring (bicyclic) bond motifs is 1. The summed E-state index contributed by atoms with van der Waals surface area (Å²) >= 11 is 0. The standard InChI is InChI=1S/C15H16FN5O3/c1-22-13-4-3-12-15(19-13)10(11(16)6-18-12)2-5-14-23-7-9(8-24-14)20-21-17/h3-4,6,9,14H,2,5,7-8H2,1H3. The van der Waals surface area contributed by atoms with Crippen molar-refractivity contribution >= 4 is 11.0 Å². The second kappa shape index (κ2) is 7.39. The Balaban J connectivity index is 1.73. The molecule has 0 aromatic carbocycles. The van der Waals surface area contributed by atoms with E-state index in [0.29, 0.717) is 48.5 Å².